The fourth-order valence-electron chi connectivity index (χ4n) is 2.80. The number of benzene rings is 1. The number of hydrogen-bond donors (Lipinski definition) is 2. The molecule has 1 fully saturated rings. The summed E-state index contributed by atoms with van der Waals surface area (Å²) in [5.74, 6) is 0.799. The van der Waals surface area contributed by atoms with Crippen molar-refractivity contribution >= 4 is 36.0 Å². The number of guanidine groups is 1. The van der Waals surface area contributed by atoms with E-state index in [1.54, 1.807) is 11.9 Å². The minimum atomic E-state index is -0.210. The molecule has 1 heterocycles. The van der Waals surface area contributed by atoms with E-state index in [9.17, 15) is 4.79 Å². The molecule has 140 valence electrons. The first-order chi connectivity index (χ1) is 11.6. The van der Waals surface area contributed by atoms with Gasteiger partial charge in [0.1, 0.15) is 0 Å². The van der Waals surface area contributed by atoms with E-state index in [2.05, 4.69) is 34.7 Å². The molecule has 0 aliphatic carbocycles. The highest BCUT2D eigenvalue weighted by Gasteiger charge is 2.23. The Bertz CT molecular complexity index is 572. The second-order valence-electron chi connectivity index (χ2n) is 5.96. The van der Waals surface area contributed by atoms with Crippen LogP contribution in [0.15, 0.2) is 29.3 Å². The van der Waals surface area contributed by atoms with E-state index in [1.165, 1.54) is 11.1 Å². The van der Waals surface area contributed by atoms with Crippen molar-refractivity contribution in [3.8, 4) is 0 Å². The van der Waals surface area contributed by atoms with Crippen LogP contribution >= 0.6 is 24.0 Å². The van der Waals surface area contributed by atoms with Crippen molar-refractivity contribution in [2.45, 2.75) is 39.3 Å². The maximum atomic E-state index is 11.7. The van der Waals surface area contributed by atoms with Gasteiger partial charge in [-0.1, -0.05) is 24.3 Å². The van der Waals surface area contributed by atoms with E-state index < -0.39 is 0 Å². The Labute approximate surface area is 167 Å². The maximum Gasteiger partial charge on any atom is 0.409 e. The lowest BCUT2D eigenvalue weighted by Gasteiger charge is -2.32. The summed E-state index contributed by atoms with van der Waals surface area (Å²) in [5.41, 5.74) is 2.53. The van der Waals surface area contributed by atoms with Crippen LogP contribution in [-0.2, 0) is 11.3 Å². The average Bonchev–Trinajstić information content (AvgIpc) is 2.60. The number of ether oxygens (including phenoxy) is 1. The van der Waals surface area contributed by atoms with Gasteiger partial charge in [-0.3, -0.25) is 4.99 Å². The van der Waals surface area contributed by atoms with Gasteiger partial charge in [0.25, 0.3) is 0 Å². The van der Waals surface area contributed by atoms with Gasteiger partial charge in [-0.15, -0.1) is 24.0 Å². The molecule has 0 bridgehead atoms. The quantitative estimate of drug-likeness (QED) is 0.412. The number of halogens is 1. The molecular formula is C18H29IN4O2. The van der Waals surface area contributed by atoms with Crippen molar-refractivity contribution in [1.82, 2.24) is 15.5 Å². The summed E-state index contributed by atoms with van der Waals surface area (Å²) in [6, 6.07) is 8.64. The molecular weight excluding hydrogens is 431 g/mol. The number of hydrogen-bond acceptors (Lipinski definition) is 3. The monoisotopic (exact) mass is 460 g/mol. The molecule has 2 N–H and O–H groups in total. The van der Waals surface area contributed by atoms with Gasteiger partial charge in [-0.2, -0.15) is 0 Å². The molecule has 1 aliphatic heterocycles. The largest absolute Gasteiger partial charge is 0.450 e. The smallest absolute Gasteiger partial charge is 0.409 e. The first kappa shape index (κ1) is 21.5. The average molecular weight is 460 g/mol. The van der Waals surface area contributed by atoms with Gasteiger partial charge in [-0.05, 0) is 37.8 Å². The minimum Gasteiger partial charge on any atom is -0.450 e. The SMILES string of the molecule is CCOC(=O)N1CCC(NC(=NC)NCc2ccccc2C)CC1.I. The van der Waals surface area contributed by atoms with Gasteiger partial charge in [0.05, 0.1) is 6.61 Å². The van der Waals surface area contributed by atoms with Crippen LogP contribution in [0, 0.1) is 6.92 Å². The van der Waals surface area contributed by atoms with E-state index in [-0.39, 0.29) is 30.1 Å². The summed E-state index contributed by atoms with van der Waals surface area (Å²) in [6.45, 7) is 6.53. The predicted molar refractivity (Wildman–Crippen MR) is 112 cm³/mol. The Morgan fingerprint density at radius 2 is 2.00 bits per heavy atom. The Balaban J connectivity index is 0.00000312. The number of amides is 1. The molecule has 1 saturated heterocycles. The van der Waals surface area contributed by atoms with Crippen LogP contribution in [0.5, 0.6) is 0 Å². The van der Waals surface area contributed by atoms with E-state index in [1.807, 2.05) is 19.1 Å². The highest BCUT2D eigenvalue weighted by molar-refractivity contribution is 14.0. The molecule has 1 aliphatic rings. The van der Waals surface area contributed by atoms with Gasteiger partial charge < -0.3 is 20.3 Å². The fraction of sp³-hybridized carbons (Fsp3) is 0.556. The molecule has 1 aromatic carbocycles. The standard InChI is InChI=1S/C18H28N4O2.HI/c1-4-24-18(23)22-11-9-16(10-12-22)21-17(19-3)20-13-15-8-6-5-7-14(15)2;/h5-8,16H,4,9-13H2,1-3H3,(H2,19,20,21);1H. The minimum absolute atomic E-state index is 0. The molecule has 0 radical (unpaired) electrons. The third kappa shape index (κ3) is 6.72. The summed E-state index contributed by atoms with van der Waals surface area (Å²) in [6.07, 6.45) is 1.58. The van der Waals surface area contributed by atoms with Gasteiger partial charge >= 0.3 is 6.09 Å². The van der Waals surface area contributed by atoms with E-state index in [0.717, 1.165) is 25.3 Å². The lowest BCUT2D eigenvalue weighted by atomic mass is 10.1. The third-order valence-corrected chi connectivity index (χ3v) is 4.29. The molecule has 0 aromatic heterocycles. The number of rotatable bonds is 4. The molecule has 25 heavy (non-hydrogen) atoms. The first-order valence-corrected chi connectivity index (χ1v) is 8.57. The molecule has 1 amide bonds. The van der Waals surface area contributed by atoms with Crippen LogP contribution in [0.1, 0.15) is 30.9 Å². The summed E-state index contributed by atoms with van der Waals surface area (Å²) >= 11 is 0. The molecule has 7 heteroatoms. The molecule has 2 rings (SSSR count). The second-order valence-corrected chi connectivity index (χ2v) is 5.96. The molecule has 0 saturated carbocycles. The number of piperidine rings is 1. The zero-order chi connectivity index (χ0) is 17.4. The van der Waals surface area contributed by atoms with Crippen LogP contribution in [0.2, 0.25) is 0 Å². The van der Waals surface area contributed by atoms with Gasteiger partial charge in [0, 0.05) is 32.7 Å². The summed E-state index contributed by atoms with van der Waals surface area (Å²) in [4.78, 5) is 17.8. The Morgan fingerprint density at radius 1 is 1.32 bits per heavy atom. The highest BCUT2D eigenvalue weighted by atomic mass is 127. The van der Waals surface area contributed by atoms with Crippen LogP contribution in [0.3, 0.4) is 0 Å². The Hall–Kier alpha value is -1.51. The summed E-state index contributed by atoms with van der Waals surface area (Å²) in [7, 11) is 1.78. The Kier molecular flexibility index (Phi) is 9.62. The number of aliphatic imine (C=N–C) groups is 1. The van der Waals surface area contributed by atoms with Gasteiger partial charge in [0.15, 0.2) is 5.96 Å². The lowest BCUT2D eigenvalue weighted by molar-refractivity contribution is 0.0963. The number of nitrogens with zero attached hydrogens (tertiary/aromatic N) is 2. The van der Waals surface area contributed by atoms with Crippen LogP contribution in [0.4, 0.5) is 4.79 Å². The van der Waals surface area contributed by atoms with Crippen molar-refractivity contribution in [1.29, 1.82) is 0 Å². The molecule has 0 spiro atoms. The molecule has 0 atom stereocenters. The van der Waals surface area contributed by atoms with Crippen molar-refractivity contribution in [3.05, 3.63) is 35.4 Å². The van der Waals surface area contributed by atoms with Crippen LogP contribution < -0.4 is 10.6 Å². The van der Waals surface area contributed by atoms with Crippen molar-refractivity contribution in [2.24, 2.45) is 4.99 Å². The fourth-order valence-corrected chi connectivity index (χ4v) is 2.80. The second kappa shape index (κ2) is 11.2. The highest BCUT2D eigenvalue weighted by Crippen LogP contribution is 2.11. The zero-order valence-corrected chi connectivity index (χ0v) is 17.6. The van der Waals surface area contributed by atoms with E-state index >= 15 is 0 Å². The van der Waals surface area contributed by atoms with Crippen molar-refractivity contribution in [2.75, 3.05) is 26.7 Å². The predicted octanol–water partition coefficient (Wildman–Crippen LogP) is 2.90. The third-order valence-electron chi connectivity index (χ3n) is 4.29. The Morgan fingerprint density at radius 3 is 2.60 bits per heavy atom. The maximum absolute atomic E-state index is 11.7. The van der Waals surface area contributed by atoms with Gasteiger partial charge in [-0.25, -0.2) is 4.79 Å². The normalized spacial score (nSPS) is 15.3. The van der Waals surface area contributed by atoms with E-state index in [4.69, 9.17) is 4.74 Å². The number of carbonyl (C=O) groups excluding carboxylic acids is 1. The molecule has 0 unspecified atom stereocenters. The number of nitrogens with one attached hydrogen (secondary N) is 2. The van der Waals surface area contributed by atoms with Crippen LogP contribution in [-0.4, -0.2) is 49.7 Å². The molecule has 1 aromatic rings. The number of carbonyl (C=O) groups is 1. The summed E-state index contributed by atoms with van der Waals surface area (Å²) in [5, 5.41) is 6.81. The first-order valence-electron chi connectivity index (χ1n) is 8.57. The van der Waals surface area contributed by atoms with Crippen molar-refractivity contribution < 1.29 is 9.53 Å². The van der Waals surface area contributed by atoms with Crippen molar-refractivity contribution in [3.63, 3.8) is 0 Å². The topological polar surface area (TPSA) is 66.0 Å². The number of aryl methyl sites for hydroxylation is 1. The van der Waals surface area contributed by atoms with Crippen LogP contribution in [0.25, 0.3) is 0 Å². The van der Waals surface area contributed by atoms with Gasteiger partial charge in [0.2, 0.25) is 0 Å². The molecule has 6 nitrogen and oxygen atoms in total. The lowest BCUT2D eigenvalue weighted by Crippen LogP contribution is -2.49. The zero-order valence-electron chi connectivity index (χ0n) is 15.2. The van der Waals surface area contributed by atoms with E-state index in [0.29, 0.717) is 25.7 Å². The summed E-state index contributed by atoms with van der Waals surface area (Å²) < 4.78 is 5.05. The number of likely N-dealkylation sites (tertiary alicyclic amines) is 1.